The molecule has 0 radical (unpaired) electrons. The summed E-state index contributed by atoms with van der Waals surface area (Å²) in [4.78, 5) is 16.2. The van der Waals surface area contributed by atoms with Crippen LogP contribution in [0.25, 0.3) is 16.8 Å². The van der Waals surface area contributed by atoms with Crippen molar-refractivity contribution >= 4 is 21.6 Å². The van der Waals surface area contributed by atoms with Crippen molar-refractivity contribution in [2.75, 3.05) is 13.4 Å². The molecule has 0 amide bonds. The van der Waals surface area contributed by atoms with Gasteiger partial charge < -0.3 is 9.14 Å². The molecular weight excluding hydrogens is 344 g/mol. The summed E-state index contributed by atoms with van der Waals surface area (Å²) in [6.45, 7) is 1.93. The van der Waals surface area contributed by atoms with Crippen LogP contribution < -0.4 is 0 Å². The van der Waals surface area contributed by atoms with Crippen molar-refractivity contribution in [3.63, 3.8) is 0 Å². The summed E-state index contributed by atoms with van der Waals surface area (Å²) in [5, 5.41) is 0. The van der Waals surface area contributed by atoms with Gasteiger partial charge in [-0.1, -0.05) is 6.07 Å². The first-order chi connectivity index (χ1) is 11.7. The summed E-state index contributed by atoms with van der Waals surface area (Å²) in [6, 6.07) is 9.63. The molecule has 0 aromatic carbocycles. The molecule has 25 heavy (non-hydrogen) atoms. The number of rotatable bonds is 2. The van der Waals surface area contributed by atoms with E-state index in [0.717, 1.165) is 22.3 Å². The predicted octanol–water partition coefficient (Wildman–Crippen LogP) is 2.60. The number of carbonyl (C=O) groups excluding carboxylic acids is 1. The number of fused-ring (bicyclic) bond motifs is 1. The van der Waals surface area contributed by atoms with Crippen LogP contribution in [0.4, 0.5) is 0 Å². The molecule has 7 nitrogen and oxygen atoms in total. The van der Waals surface area contributed by atoms with E-state index >= 15 is 0 Å². The molecule has 3 aromatic heterocycles. The fourth-order valence-corrected chi connectivity index (χ4v) is 2.55. The summed E-state index contributed by atoms with van der Waals surface area (Å²) in [7, 11) is -2.27. The average molecular weight is 362 g/mol. The maximum absolute atomic E-state index is 12.0. The number of nitrogens with zero attached hydrogens (tertiary/aromatic N) is 2. The number of hydrogen-bond acceptors (Lipinski definition) is 5. The number of carbonyl (C=O) groups is 1. The number of methoxy groups -OCH3 is 1. The van der Waals surface area contributed by atoms with E-state index in [9.17, 15) is 13.2 Å². The van der Waals surface area contributed by atoms with Crippen LogP contribution in [0.2, 0.25) is 0 Å². The van der Waals surface area contributed by atoms with Crippen LogP contribution in [-0.4, -0.2) is 41.7 Å². The zero-order valence-electron chi connectivity index (χ0n) is 14.0. The highest BCUT2D eigenvalue weighted by Gasteiger charge is 2.21. The first-order valence-electron chi connectivity index (χ1n) is 7.25. The van der Waals surface area contributed by atoms with E-state index in [1.54, 1.807) is 12.4 Å². The molecule has 0 aliphatic carbocycles. The minimum atomic E-state index is -3.67. The molecule has 3 rings (SSSR count). The highest BCUT2D eigenvalue weighted by molar-refractivity contribution is 7.85. The van der Waals surface area contributed by atoms with Crippen LogP contribution in [0, 0.1) is 6.92 Å². The number of esters is 1. The zero-order valence-corrected chi connectivity index (χ0v) is 14.8. The number of ether oxygens (including phenoxy) is 1. The SMILES string of the molecule is COC(=O)c1c(C)c(-c2cccnc2)n2ccccc12.CS(=O)(=O)O. The van der Waals surface area contributed by atoms with Gasteiger partial charge in [0, 0.05) is 24.2 Å². The molecule has 0 aliphatic rings. The average Bonchev–Trinajstić information content (AvgIpc) is 2.85. The highest BCUT2D eigenvalue weighted by Crippen LogP contribution is 2.31. The molecule has 0 bridgehead atoms. The second-order valence-electron chi connectivity index (χ2n) is 5.27. The Bertz CT molecular complexity index is 987. The third kappa shape index (κ3) is 4.43. The van der Waals surface area contributed by atoms with Gasteiger partial charge >= 0.3 is 5.97 Å². The lowest BCUT2D eigenvalue weighted by Gasteiger charge is -2.03. The molecule has 0 unspecified atom stereocenters. The molecule has 0 spiro atoms. The van der Waals surface area contributed by atoms with Crippen molar-refractivity contribution in [1.82, 2.24) is 9.38 Å². The monoisotopic (exact) mass is 362 g/mol. The molecule has 8 heteroatoms. The molecule has 3 aromatic rings. The summed E-state index contributed by atoms with van der Waals surface area (Å²) < 4.78 is 32.8. The third-order valence-corrected chi connectivity index (χ3v) is 3.41. The number of hydrogen-bond donors (Lipinski definition) is 1. The predicted molar refractivity (Wildman–Crippen MR) is 94.2 cm³/mol. The fourth-order valence-electron chi connectivity index (χ4n) is 2.55. The minimum absolute atomic E-state index is 0.318. The van der Waals surface area contributed by atoms with Gasteiger partial charge in [0.15, 0.2) is 0 Å². The molecule has 3 heterocycles. The molecule has 0 saturated heterocycles. The van der Waals surface area contributed by atoms with Crippen LogP contribution in [0.3, 0.4) is 0 Å². The Morgan fingerprint density at radius 1 is 1.24 bits per heavy atom. The summed E-state index contributed by atoms with van der Waals surface area (Å²) >= 11 is 0. The maximum atomic E-state index is 12.0. The van der Waals surface area contributed by atoms with E-state index in [-0.39, 0.29) is 5.97 Å². The van der Waals surface area contributed by atoms with E-state index in [1.165, 1.54) is 7.11 Å². The molecular formula is C17H18N2O5S. The van der Waals surface area contributed by atoms with Gasteiger partial charge in [-0.2, -0.15) is 8.42 Å². The standard InChI is InChI=1S/C16H14N2O2.CH4O3S/c1-11-14(16(19)20-2)13-7-3-4-9-18(13)15(11)12-6-5-8-17-10-12;1-5(2,3)4/h3-10H,1-2H3;1H3,(H,2,3,4). The normalized spacial score (nSPS) is 10.9. The second kappa shape index (κ2) is 7.45. The lowest BCUT2D eigenvalue weighted by molar-refractivity contribution is 0.0602. The van der Waals surface area contributed by atoms with E-state index in [1.807, 2.05) is 47.9 Å². The Hall–Kier alpha value is -2.71. The topological polar surface area (TPSA) is 98.0 Å². The van der Waals surface area contributed by atoms with Crippen molar-refractivity contribution in [3.05, 3.63) is 60.0 Å². The van der Waals surface area contributed by atoms with E-state index in [2.05, 4.69) is 4.98 Å². The van der Waals surface area contributed by atoms with E-state index in [4.69, 9.17) is 9.29 Å². The minimum Gasteiger partial charge on any atom is -0.465 e. The summed E-state index contributed by atoms with van der Waals surface area (Å²) in [5.74, 6) is -0.318. The van der Waals surface area contributed by atoms with Gasteiger partial charge in [-0.15, -0.1) is 0 Å². The van der Waals surface area contributed by atoms with Gasteiger partial charge in [-0.05, 0) is 36.8 Å². The molecule has 0 saturated carbocycles. The van der Waals surface area contributed by atoms with Crippen molar-refractivity contribution in [1.29, 1.82) is 0 Å². The number of aromatic nitrogens is 2. The lowest BCUT2D eigenvalue weighted by Crippen LogP contribution is -2.02. The van der Waals surface area contributed by atoms with Crippen LogP contribution in [0.15, 0.2) is 48.9 Å². The lowest BCUT2D eigenvalue weighted by atomic mass is 10.1. The zero-order chi connectivity index (χ0) is 18.6. The number of pyridine rings is 2. The van der Waals surface area contributed by atoms with E-state index < -0.39 is 10.1 Å². The molecule has 132 valence electrons. The molecule has 0 atom stereocenters. The van der Waals surface area contributed by atoms with Crippen molar-refractivity contribution in [2.45, 2.75) is 6.92 Å². The first kappa shape index (κ1) is 18.6. The van der Waals surface area contributed by atoms with Crippen LogP contribution in [-0.2, 0) is 14.9 Å². The Morgan fingerprint density at radius 2 is 1.92 bits per heavy atom. The molecule has 0 fully saturated rings. The smallest absolute Gasteiger partial charge is 0.340 e. The van der Waals surface area contributed by atoms with Gasteiger partial charge in [-0.3, -0.25) is 9.54 Å². The van der Waals surface area contributed by atoms with Crippen molar-refractivity contribution < 1.29 is 22.5 Å². The highest BCUT2D eigenvalue weighted by atomic mass is 32.2. The van der Waals surface area contributed by atoms with E-state index in [0.29, 0.717) is 11.8 Å². The van der Waals surface area contributed by atoms with Gasteiger partial charge in [0.1, 0.15) is 0 Å². The van der Waals surface area contributed by atoms with Crippen LogP contribution >= 0.6 is 0 Å². The van der Waals surface area contributed by atoms with Crippen molar-refractivity contribution in [3.8, 4) is 11.3 Å². The van der Waals surface area contributed by atoms with Crippen molar-refractivity contribution in [2.24, 2.45) is 0 Å². The Balaban J connectivity index is 0.000000399. The third-order valence-electron chi connectivity index (χ3n) is 3.41. The van der Waals surface area contributed by atoms with Gasteiger partial charge in [0.05, 0.1) is 30.1 Å². The summed E-state index contributed by atoms with van der Waals surface area (Å²) in [5.41, 5.74) is 4.29. The van der Waals surface area contributed by atoms with Gasteiger partial charge in [0.25, 0.3) is 10.1 Å². The Morgan fingerprint density at radius 3 is 2.48 bits per heavy atom. The Kier molecular flexibility index (Phi) is 5.55. The molecule has 1 N–H and O–H groups in total. The van der Waals surface area contributed by atoms with Crippen LogP contribution in [0.5, 0.6) is 0 Å². The quantitative estimate of drug-likeness (QED) is 0.556. The maximum Gasteiger partial charge on any atom is 0.340 e. The largest absolute Gasteiger partial charge is 0.465 e. The van der Waals surface area contributed by atoms with Crippen LogP contribution in [0.1, 0.15) is 15.9 Å². The Labute approximate surface area is 145 Å². The fraction of sp³-hybridized carbons (Fsp3) is 0.176. The second-order valence-corrected chi connectivity index (χ2v) is 6.74. The first-order valence-corrected chi connectivity index (χ1v) is 9.09. The molecule has 0 aliphatic heterocycles. The summed E-state index contributed by atoms with van der Waals surface area (Å²) in [6.07, 6.45) is 6.18. The van der Waals surface area contributed by atoms with Gasteiger partial charge in [-0.25, -0.2) is 4.79 Å². The van der Waals surface area contributed by atoms with Gasteiger partial charge in [0.2, 0.25) is 0 Å².